The number of nitrogens with zero attached hydrogens (tertiary/aromatic N) is 3. The summed E-state index contributed by atoms with van der Waals surface area (Å²) >= 11 is 0. The molecule has 1 amide bonds. The third-order valence-corrected chi connectivity index (χ3v) is 7.59. The topological polar surface area (TPSA) is 64.4 Å². The van der Waals surface area contributed by atoms with Gasteiger partial charge in [-0.25, -0.2) is 9.78 Å². The number of ether oxygens (including phenoxy) is 1. The number of hydrogen-bond acceptors (Lipinski definition) is 4. The molecule has 1 aromatic heterocycles. The molecular formula is C29H30F3N3O3. The number of carbonyl (C=O) groups is 1. The van der Waals surface area contributed by atoms with Gasteiger partial charge in [-0.3, -0.25) is 9.36 Å². The minimum absolute atomic E-state index is 0.0332. The standard InChI is InChI=1S/C29H30F3N3O3/c1-19-33-25-18-34(28(37)38-23-14-12-22(13-15-23)29(30,31)32)17-16-24(25)27(36)35(19)26(20-8-4-2-5-9-20)21-10-6-3-7-11-21/h2-11,22-23,26H,12-18H2,1H3/t22-,23+. The second kappa shape index (κ2) is 10.6. The van der Waals surface area contributed by atoms with Gasteiger partial charge in [0.05, 0.1) is 24.2 Å². The summed E-state index contributed by atoms with van der Waals surface area (Å²) in [5, 5.41) is 0. The van der Waals surface area contributed by atoms with Crippen molar-refractivity contribution in [1.82, 2.24) is 14.5 Å². The molecule has 1 saturated carbocycles. The number of carbonyl (C=O) groups excluding carboxylic acids is 1. The van der Waals surface area contributed by atoms with E-state index in [0.717, 1.165) is 11.1 Å². The van der Waals surface area contributed by atoms with Crippen LogP contribution < -0.4 is 5.56 Å². The Morgan fingerprint density at radius 1 is 0.974 bits per heavy atom. The van der Waals surface area contributed by atoms with Crippen molar-refractivity contribution in [2.24, 2.45) is 5.92 Å². The summed E-state index contributed by atoms with van der Waals surface area (Å²) in [5.74, 6) is -0.795. The molecule has 1 fully saturated rings. The Bertz CT molecular complexity index is 1290. The van der Waals surface area contributed by atoms with Crippen molar-refractivity contribution >= 4 is 6.09 Å². The first-order valence-corrected chi connectivity index (χ1v) is 13.0. The van der Waals surface area contributed by atoms with Crippen molar-refractivity contribution in [3.63, 3.8) is 0 Å². The van der Waals surface area contributed by atoms with Crippen LogP contribution in [-0.2, 0) is 17.7 Å². The van der Waals surface area contributed by atoms with Crippen molar-refractivity contribution in [1.29, 1.82) is 0 Å². The number of fused-ring (bicyclic) bond motifs is 1. The molecule has 9 heteroatoms. The molecule has 0 bridgehead atoms. The van der Waals surface area contributed by atoms with Crippen LogP contribution in [0.2, 0.25) is 0 Å². The molecule has 5 rings (SSSR count). The van der Waals surface area contributed by atoms with Gasteiger partial charge in [-0.1, -0.05) is 60.7 Å². The third-order valence-electron chi connectivity index (χ3n) is 7.59. The number of aryl methyl sites for hydroxylation is 1. The monoisotopic (exact) mass is 525 g/mol. The maximum absolute atomic E-state index is 13.8. The van der Waals surface area contributed by atoms with E-state index in [4.69, 9.17) is 9.72 Å². The molecule has 0 atom stereocenters. The van der Waals surface area contributed by atoms with Gasteiger partial charge in [-0.15, -0.1) is 0 Å². The van der Waals surface area contributed by atoms with Crippen LogP contribution in [-0.4, -0.2) is 39.4 Å². The van der Waals surface area contributed by atoms with Crippen molar-refractivity contribution < 1.29 is 22.7 Å². The van der Waals surface area contributed by atoms with Crippen LogP contribution >= 0.6 is 0 Å². The summed E-state index contributed by atoms with van der Waals surface area (Å²) in [6, 6.07) is 19.2. The molecule has 3 aromatic rings. The van der Waals surface area contributed by atoms with Crippen LogP contribution in [0.25, 0.3) is 0 Å². The zero-order valence-corrected chi connectivity index (χ0v) is 21.2. The highest BCUT2D eigenvalue weighted by molar-refractivity contribution is 5.68. The lowest BCUT2D eigenvalue weighted by Crippen LogP contribution is -2.43. The van der Waals surface area contributed by atoms with E-state index in [0.29, 0.717) is 23.5 Å². The first-order valence-electron chi connectivity index (χ1n) is 13.0. The van der Waals surface area contributed by atoms with Gasteiger partial charge < -0.3 is 9.64 Å². The van der Waals surface area contributed by atoms with E-state index >= 15 is 0 Å². The third kappa shape index (κ3) is 5.33. The van der Waals surface area contributed by atoms with E-state index in [1.165, 1.54) is 4.90 Å². The van der Waals surface area contributed by atoms with Crippen molar-refractivity contribution in [2.75, 3.05) is 6.54 Å². The minimum atomic E-state index is -4.21. The molecule has 2 aliphatic rings. The molecule has 0 unspecified atom stereocenters. The highest BCUT2D eigenvalue weighted by atomic mass is 19.4. The van der Waals surface area contributed by atoms with Crippen LogP contribution in [0.4, 0.5) is 18.0 Å². The van der Waals surface area contributed by atoms with Crippen LogP contribution in [0.5, 0.6) is 0 Å². The molecular weight excluding hydrogens is 495 g/mol. The maximum Gasteiger partial charge on any atom is 0.410 e. The number of alkyl halides is 3. The quantitative estimate of drug-likeness (QED) is 0.432. The van der Waals surface area contributed by atoms with E-state index in [9.17, 15) is 22.8 Å². The van der Waals surface area contributed by atoms with Gasteiger partial charge in [0.15, 0.2) is 0 Å². The number of rotatable bonds is 4. The average molecular weight is 526 g/mol. The molecule has 38 heavy (non-hydrogen) atoms. The van der Waals surface area contributed by atoms with E-state index in [-0.39, 0.29) is 50.4 Å². The molecule has 0 radical (unpaired) electrons. The highest BCUT2D eigenvalue weighted by Gasteiger charge is 2.42. The van der Waals surface area contributed by atoms with Crippen molar-refractivity contribution in [3.05, 3.63) is 99.2 Å². The molecule has 2 aromatic carbocycles. The van der Waals surface area contributed by atoms with E-state index in [1.807, 2.05) is 60.7 Å². The lowest BCUT2D eigenvalue weighted by Gasteiger charge is -2.33. The predicted molar refractivity (Wildman–Crippen MR) is 136 cm³/mol. The van der Waals surface area contributed by atoms with Gasteiger partial charge in [0.1, 0.15) is 11.9 Å². The van der Waals surface area contributed by atoms with Gasteiger partial charge in [0.25, 0.3) is 5.56 Å². The molecule has 200 valence electrons. The number of halogens is 3. The molecule has 2 heterocycles. The van der Waals surface area contributed by atoms with Crippen molar-refractivity contribution in [3.8, 4) is 0 Å². The Morgan fingerprint density at radius 3 is 2.11 bits per heavy atom. The Morgan fingerprint density at radius 2 is 1.55 bits per heavy atom. The van der Waals surface area contributed by atoms with Crippen LogP contribution in [0.1, 0.15) is 59.9 Å². The fourth-order valence-corrected chi connectivity index (χ4v) is 5.57. The van der Waals surface area contributed by atoms with Crippen molar-refractivity contribution in [2.45, 2.75) is 63.9 Å². The number of amides is 1. The first-order chi connectivity index (χ1) is 18.2. The Balaban J connectivity index is 1.36. The number of benzene rings is 2. The lowest BCUT2D eigenvalue weighted by atomic mass is 9.87. The number of aromatic nitrogens is 2. The summed E-state index contributed by atoms with van der Waals surface area (Å²) in [5.41, 5.74) is 2.90. The zero-order chi connectivity index (χ0) is 26.9. The molecule has 0 N–H and O–H groups in total. The first kappa shape index (κ1) is 26.0. The van der Waals surface area contributed by atoms with Gasteiger partial charge in [0.2, 0.25) is 0 Å². The summed E-state index contributed by atoms with van der Waals surface area (Å²) in [4.78, 5) is 32.9. The predicted octanol–water partition coefficient (Wildman–Crippen LogP) is 5.81. The van der Waals surface area contributed by atoms with Gasteiger partial charge in [0, 0.05) is 12.1 Å². The summed E-state index contributed by atoms with van der Waals surface area (Å²) in [6.07, 6.45) is -4.64. The largest absolute Gasteiger partial charge is 0.446 e. The Labute approximate surface area is 219 Å². The molecule has 1 aliphatic carbocycles. The van der Waals surface area contributed by atoms with Crippen LogP contribution in [0.15, 0.2) is 65.5 Å². The van der Waals surface area contributed by atoms with Gasteiger partial charge in [-0.2, -0.15) is 13.2 Å². The summed E-state index contributed by atoms with van der Waals surface area (Å²) < 4.78 is 46.1. The maximum atomic E-state index is 13.8. The minimum Gasteiger partial charge on any atom is -0.446 e. The van der Waals surface area contributed by atoms with E-state index < -0.39 is 24.3 Å². The molecule has 1 aliphatic heterocycles. The second-order valence-electron chi connectivity index (χ2n) is 10.1. The van der Waals surface area contributed by atoms with Gasteiger partial charge >= 0.3 is 12.3 Å². The zero-order valence-electron chi connectivity index (χ0n) is 21.2. The Kier molecular flexibility index (Phi) is 7.27. The van der Waals surface area contributed by atoms with E-state index in [1.54, 1.807) is 11.5 Å². The average Bonchev–Trinajstić information content (AvgIpc) is 2.91. The SMILES string of the molecule is Cc1nc2c(c(=O)n1C(c1ccccc1)c1ccccc1)CCN(C(=O)O[C@H]1CC[C@@H](C(F)(F)F)CC1)C2. The molecule has 6 nitrogen and oxygen atoms in total. The highest BCUT2D eigenvalue weighted by Crippen LogP contribution is 2.38. The molecule has 0 spiro atoms. The second-order valence-corrected chi connectivity index (χ2v) is 10.1. The van der Waals surface area contributed by atoms with Gasteiger partial charge in [-0.05, 0) is 50.2 Å². The van der Waals surface area contributed by atoms with Crippen LogP contribution in [0, 0.1) is 12.8 Å². The normalized spacial score (nSPS) is 19.8. The van der Waals surface area contributed by atoms with E-state index in [2.05, 4.69) is 0 Å². The summed E-state index contributed by atoms with van der Waals surface area (Å²) in [7, 11) is 0. The summed E-state index contributed by atoms with van der Waals surface area (Å²) in [6.45, 7) is 2.20. The molecule has 0 saturated heterocycles. The number of hydrogen-bond donors (Lipinski definition) is 0. The lowest BCUT2D eigenvalue weighted by molar-refractivity contribution is -0.186. The van der Waals surface area contributed by atoms with Crippen LogP contribution in [0.3, 0.4) is 0 Å². The fourth-order valence-electron chi connectivity index (χ4n) is 5.57. The Hall–Kier alpha value is -3.62. The smallest absolute Gasteiger partial charge is 0.410 e. The fraction of sp³-hybridized carbons (Fsp3) is 0.414.